The Labute approximate surface area is 92.6 Å². The molecule has 1 heterocycles. The molecular formula is C12H21N3. The number of aromatic nitrogens is 2. The Morgan fingerprint density at radius 3 is 2.47 bits per heavy atom. The fourth-order valence-electron chi connectivity index (χ4n) is 1.22. The number of hydrogen-bond donors (Lipinski definition) is 0. The minimum absolute atomic E-state index is 0.398. The van der Waals surface area contributed by atoms with Crippen LogP contribution in [-0.2, 0) is 6.54 Å². The summed E-state index contributed by atoms with van der Waals surface area (Å²) >= 11 is 0. The summed E-state index contributed by atoms with van der Waals surface area (Å²) < 4.78 is 0. The number of rotatable bonds is 4. The van der Waals surface area contributed by atoms with E-state index in [0.717, 1.165) is 18.1 Å². The van der Waals surface area contributed by atoms with Crippen LogP contribution < -0.4 is 0 Å². The SMILES string of the molecule is CC(C)c1nccc(CN(C)C(C)C)n1. The van der Waals surface area contributed by atoms with Crippen molar-refractivity contribution < 1.29 is 0 Å². The van der Waals surface area contributed by atoms with Crippen molar-refractivity contribution in [3.63, 3.8) is 0 Å². The van der Waals surface area contributed by atoms with Crippen LogP contribution in [-0.4, -0.2) is 28.0 Å². The Morgan fingerprint density at radius 1 is 1.27 bits per heavy atom. The molecule has 0 saturated heterocycles. The van der Waals surface area contributed by atoms with Crippen molar-refractivity contribution in [1.82, 2.24) is 14.9 Å². The van der Waals surface area contributed by atoms with Crippen LogP contribution in [0.5, 0.6) is 0 Å². The summed E-state index contributed by atoms with van der Waals surface area (Å²) in [6.45, 7) is 9.49. The normalized spacial score (nSPS) is 11.7. The van der Waals surface area contributed by atoms with Crippen LogP contribution in [0.25, 0.3) is 0 Å². The third kappa shape index (κ3) is 3.59. The molecule has 0 aliphatic carbocycles. The van der Waals surface area contributed by atoms with E-state index in [0.29, 0.717) is 12.0 Å². The topological polar surface area (TPSA) is 29.0 Å². The molecule has 3 heteroatoms. The average Bonchev–Trinajstić information content (AvgIpc) is 2.18. The van der Waals surface area contributed by atoms with E-state index >= 15 is 0 Å². The fraction of sp³-hybridized carbons (Fsp3) is 0.667. The Balaban J connectivity index is 2.73. The summed E-state index contributed by atoms with van der Waals surface area (Å²) in [5.41, 5.74) is 1.10. The van der Waals surface area contributed by atoms with Crippen LogP contribution in [0, 0.1) is 0 Å². The van der Waals surface area contributed by atoms with Gasteiger partial charge in [-0.3, -0.25) is 4.90 Å². The molecule has 0 aromatic carbocycles. The maximum atomic E-state index is 4.54. The molecule has 1 rings (SSSR count). The molecule has 0 saturated carbocycles. The molecule has 0 spiro atoms. The Morgan fingerprint density at radius 2 is 1.93 bits per heavy atom. The molecule has 0 N–H and O–H groups in total. The highest BCUT2D eigenvalue weighted by molar-refractivity contribution is 5.04. The van der Waals surface area contributed by atoms with Crippen molar-refractivity contribution in [1.29, 1.82) is 0 Å². The predicted molar refractivity (Wildman–Crippen MR) is 62.7 cm³/mol. The van der Waals surface area contributed by atoms with Gasteiger partial charge in [-0.1, -0.05) is 13.8 Å². The molecule has 0 aliphatic rings. The summed E-state index contributed by atoms with van der Waals surface area (Å²) in [6, 6.07) is 2.53. The molecule has 0 amide bonds. The minimum atomic E-state index is 0.398. The first-order chi connectivity index (χ1) is 7.00. The predicted octanol–water partition coefficient (Wildman–Crippen LogP) is 2.44. The van der Waals surface area contributed by atoms with Crippen molar-refractivity contribution >= 4 is 0 Å². The highest BCUT2D eigenvalue weighted by Crippen LogP contribution is 2.09. The second kappa shape index (κ2) is 5.21. The monoisotopic (exact) mass is 207 g/mol. The van der Waals surface area contributed by atoms with Gasteiger partial charge in [-0.25, -0.2) is 9.97 Å². The first kappa shape index (κ1) is 12.1. The zero-order chi connectivity index (χ0) is 11.4. The average molecular weight is 207 g/mol. The van der Waals surface area contributed by atoms with Gasteiger partial charge >= 0.3 is 0 Å². The zero-order valence-corrected chi connectivity index (χ0v) is 10.4. The van der Waals surface area contributed by atoms with Gasteiger partial charge in [0, 0.05) is 24.7 Å². The van der Waals surface area contributed by atoms with E-state index in [9.17, 15) is 0 Å². The van der Waals surface area contributed by atoms with E-state index in [-0.39, 0.29) is 0 Å². The van der Waals surface area contributed by atoms with Gasteiger partial charge in [-0.15, -0.1) is 0 Å². The Hall–Kier alpha value is -0.960. The molecule has 0 atom stereocenters. The molecule has 1 aromatic heterocycles. The fourth-order valence-corrected chi connectivity index (χ4v) is 1.22. The molecule has 0 unspecified atom stereocenters. The van der Waals surface area contributed by atoms with Crippen molar-refractivity contribution in [3.05, 3.63) is 23.8 Å². The van der Waals surface area contributed by atoms with Gasteiger partial charge < -0.3 is 0 Å². The molecule has 1 aromatic rings. The molecule has 15 heavy (non-hydrogen) atoms. The zero-order valence-electron chi connectivity index (χ0n) is 10.4. The van der Waals surface area contributed by atoms with Gasteiger partial charge in [0.1, 0.15) is 5.82 Å². The van der Waals surface area contributed by atoms with Crippen molar-refractivity contribution in [2.75, 3.05) is 7.05 Å². The van der Waals surface area contributed by atoms with Crippen molar-refractivity contribution in [2.24, 2.45) is 0 Å². The van der Waals surface area contributed by atoms with Crippen LogP contribution in [0.4, 0.5) is 0 Å². The van der Waals surface area contributed by atoms with E-state index in [1.54, 1.807) is 0 Å². The van der Waals surface area contributed by atoms with Gasteiger partial charge in [0.25, 0.3) is 0 Å². The molecule has 0 radical (unpaired) electrons. The van der Waals surface area contributed by atoms with E-state index in [2.05, 4.69) is 49.6 Å². The van der Waals surface area contributed by atoms with Crippen LogP contribution in [0.1, 0.15) is 45.1 Å². The molecule has 0 fully saturated rings. The Bertz CT molecular complexity index is 307. The molecular weight excluding hydrogens is 186 g/mol. The smallest absolute Gasteiger partial charge is 0.131 e. The first-order valence-electron chi connectivity index (χ1n) is 5.52. The highest BCUT2D eigenvalue weighted by Gasteiger charge is 2.07. The maximum Gasteiger partial charge on any atom is 0.131 e. The van der Waals surface area contributed by atoms with E-state index in [1.165, 1.54) is 0 Å². The summed E-state index contributed by atoms with van der Waals surface area (Å²) in [5, 5.41) is 0. The lowest BCUT2D eigenvalue weighted by atomic mass is 10.2. The molecule has 84 valence electrons. The molecule has 3 nitrogen and oxygen atoms in total. The summed E-state index contributed by atoms with van der Waals surface area (Å²) in [6.07, 6.45) is 1.85. The maximum absolute atomic E-state index is 4.54. The van der Waals surface area contributed by atoms with Crippen molar-refractivity contribution in [2.45, 2.75) is 46.2 Å². The van der Waals surface area contributed by atoms with Crippen molar-refractivity contribution in [3.8, 4) is 0 Å². The number of hydrogen-bond acceptors (Lipinski definition) is 3. The summed E-state index contributed by atoms with van der Waals surface area (Å²) in [4.78, 5) is 11.1. The quantitative estimate of drug-likeness (QED) is 0.759. The number of nitrogens with zero attached hydrogens (tertiary/aromatic N) is 3. The van der Waals surface area contributed by atoms with Gasteiger partial charge in [-0.2, -0.15) is 0 Å². The standard InChI is InChI=1S/C12H21N3/c1-9(2)12-13-7-6-11(14-12)8-15(5)10(3)4/h6-7,9-10H,8H2,1-5H3. The lowest BCUT2D eigenvalue weighted by molar-refractivity contribution is 0.262. The second-order valence-electron chi connectivity index (χ2n) is 4.57. The molecule has 0 bridgehead atoms. The third-order valence-electron chi connectivity index (χ3n) is 2.54. The minimum Gasteiger partial charge on any atom is -0.298 e. The van der Waals surface area contributed by atoms with Crippen LogP contribution in [0.15, 0.2) is 12.3 Å². The summed E-state index contributed by atoms with van der Waals surface area (Å²) in [7, 11) is 2.11. The van der Waals surface area contributed by atoms with E-state index in [4.69, 9.17) is 0 Å². The van der Waals surface area contributed by atoms with Crippen LogP contribution >= 0.6 is 0 Å². The summed E-state index contributed by atoms with van der Waals surface area (Å²) in [5.74, 6) is 1.33. The van der Waals surface area contributed by atoms with Gasteiger partial charge in [0.2, 0.25) is 0 Å². The van der Waals surface area contributed by atoms with Gasteiger partial charge in [0.15, 0.2) is 0 Å². The molecule has 0 aliphatic heterocycles. The Kier molecular flexibility index (Phi) is 4.21. The first-order valence-corrected chi connectivity index (χ1v) is 5.52. The largest absolute Gasteiger partial charge is 0.298 e. The van der Waals surface area contributed by atoms with Crippen LogP contribution in [0.3, 0.4) is 0 Å². The third-order valence-corrected chi connectivity index (χ3v) is 2.54. The van der Waals surface area contributed by atoms with E-state index < -0.39 is 0 Å². The highest BCUT2D eigenvalue weighted by atomic mass is 15.1. The second-order valence-corrected chi connectivity index (χ2v) is 4.57. The van der Waals surface area contributed by atoms with Crippen LogP contribution in [0.2, 0.25) is 0 Å². The lowest BCUT2D eigenvalue weighted by Gasteiger charge is -2.20. The van der Waals surface area contributed by atoms with E-state index in [1.807, 2.05) is 12.3 Å². The van der Waals surface area contributed by atoms with Gasteiger partial charge in [-0.05, 0) is 27.0 Å². The van der Waals surface area contributed by atoms with Gasteiger partial charge in [0.05, 0.1) is 5.69 Å². The lowest BCUT2D eigenvalue weighted by Crippen LogP contribution is -2.26.